The molecule has 1 N–H and O–H groups in total. The molecule has 0 atom stereocenters. The van der Waals surface area contributed by atoms with Crippen molar-refractivity contribution >= 4 is 17.0 Å². The number of ketones is 1. The molecule has 6 heteroatoms. The van der Waals surface area contributed by atoms with Gasteiger partial charge in [-0.05, 0) is 30.5 Å². The van der Waals surface area contributed by atoms with Gasteiger partial charge in [-0.1, -0.05) is 73.8 Å². The van der Waals surface area contributed by atoms with Crippen LogP contribution in [-0.4, -0.2) is 37.0 Å². The highest BCUT2D eigenvalue weighted by Gasteiger charge is 2.41. The minimum Gasteiger partial charge on any atom is -0.384 e. The lowest BCUT2D eigenvalue weighted by atomic mass is 10.0. The number of Topliss-reactive ketones (excluding diaryl/α,β-unsaturated/α-hetero) is 1. The molecule has 0 unspecified atom stereocenters. The summed E-state index contributed by atoms with van der Waals surface area (Å²) in [5.74, 6) is -1.82. The summed E-state index contributed by atoms with van der Waals surface area (Å²) in [4.78, 5) is 12.9. The second kappa shape index (κ2) is 13.1. The van der Waals surface area contributed by atoms with Crippen molar-refractivity contribution in [2.45, 2.75) is 19.5 Å². The number of hydrogen-bond donors (Lipinski definition) is 1. The largest absolute Gasteiger partial charge is 0.454 e. The zero-order valence-corrected chi connectivity index (χ0v) is 18.0. The van der Waals surface area contributed by atoms with E-state index < -0.39 is 12.0 Å². The van der Waals surface area contributed by atoms with Crippen LogP contribution in [0.2, 0.25) is 0 Å². The molecule has 0 aromatic heterocycles. The first-order valence-electron chi connectivity index (χ1n) is 9.88. The Labute approximate surface area is 182 Å². The second-order valence-corrected chi connectivity index (χ2v) is 6.61. The number of fused-ring (bicyclic) bond motifs is 1. The Balaban J connectivity index is 0.000000302. The maximum absolute atomic E-state index is 12.5. The number of nitrogens with one attached hydrogen (secondary N) is 1. The summed E-state index contributed by atoms with van der Waals surface area (Å²) < 4.78 is 37.6. The Hall–Kier alpha value is -3.28. The van der Waals surface area contributed by atoms with E-state index in [9.17, 15) is 18.0 Å². The fourth-order valence-electron chi connectivity index (χ4n) is 2.59. The Bertz CT molecular complexity index is 845. The molecule has 166 valence electrons. The molecule has 0 radical (unpaired) electrons. The predicted octanol–water partition coefficient (Wildman–Crippen LogP) is 6.12. The molecule has 3 rings (SSSR count). The van der Waals surface area contributed by atoms with Crippen LogP contribution in [0.4, 0.5) is 18.9 Å². The molecule has 0 fully saturated rings. The molecule has 0 aliphatic carbocycles. The molecule has 1 aliphatic rings. The van der Waals surface area contributed by atoms with E-state index in [0.717, 1.165) is 6.54 Å². The van der Waals surface area contributed by atoms with Gasteiger partial charge in [0.25, 0.3) is 5.78 Å². The first kappa shape index (κ1) is 25.8. The molecule has 0 spiro atoms. The normalized spacial score (nSPS) is 12.1. The van der Waals surface area contributed by atoms with Crippen molar-refractivity contribution < 1.29 is 18.0 Å². The van der Waals surface area contributed by atoms with Gasteiger partial charge in [0.05, 0.1) is 5.57 Å². The average molecular weight is 431 g/mol. The third-order valence-electron chi connectivity index (χ3n) is 4.33. The van der Waals surface area contributed by atoms with Crippen molar-refractivity contribution in [1.29, 1.82) is 0 Å². The van der Waals surface area contributed by atoms with Crippen LogP contribution >= 0.6 is 0 Å². The van der Waals surface area contributed by atoms with Gasteiger partial charge in [-0.3, -0.25) is 4.79 Å². The van der Waals surface area contributed by atoms with Crippen LogP contribution < -0.4 is 5.32 Å². The van der Waals surface area contributed by atoms with E-state index >= 15 is 0 Å². The van der Waals surface area contributed by atoms with Gasteiger partial charge in [-0.25, -0.2) is 0 Å². The van der Waals surface area contributed by atoms with Crippen molar-refractivity contribution in [2.24, 2.45) is 0 Å². The standard InChI is InChI=1S/C13H14F3NO.C8H9N.C4H6/c1-3-17(2)9-11(12(18)13(14,15)16)10-7-5-4-6-8-10;1-2-4-8-7(3-1)5-6-9-8;1-3-4-2/h4-9H,3H2,1-2H3;1-4,9H,5-6H2;3-4H,1-2H2/b11-9+;;. The van der Waals surface area contributed by atoms with Crippen LogP contribution in [-0.2, 0) is 11.2 Å². The molecule has 0 bridgehead atoms. The predicted molar refractivity (Wildman–Crippen MR) is 123 cm³/mol. The van der Waals surface area contributed by atoms with E-state index in [0.29, 0.717) is 6.54 Å². The van der Waals surface area contributed by atoms with Gasteiger partial charge >= 0.3 is 6.18 Å². The molecule has 1 heterocycles. The third kappa shape index (κ3) is 8.95. The zero-order valence-electron chi connectivity index (χ0n) is 18.0. The zero-order chi connectivity index (χ0) is 23.3. The van der Waals surface area contributed by atoms with Gasteiger partial charge in [0.2, 0.25) is 0 Å². The highest BCUT2D eigenvalue weighted by Crippen LogP contribution is 2.27. The quantitative estimate of drug-likeness (QED) is 0.458. The lowest BCUT2D eigenvalue weighted by Gasteiger charge is -2.15. The van der Waals surface area contributed by atoms with E-state index in [1.54, 1.807) is 44.3 Å². The summed E-state index contributed by atoms with van der Waals surface area (Å²) in [6, 6.07) is 16.3. The maximum Gasteiger partial charge on any atom is 0.454 e. The van der Waals surface area contributed by atoms with Crippen molar-refractivity contribution in [3.05, 3.63) is 97.2 Å². The SMILES string of the molecule is C=CC=C.CCN(C)/C=C(/C(=O)C(F)(F)F)c1ccccc1.c1ccc2c(c1)CCN2. The summed E-state index contributed by atoms with van der Waals surface area (Å²) in [5.41, 5.74) is 2.70. The number of alkyl halides is 3. The maximum atomic E-state index is 12.5. The van der Waals surface area contributed by atoms with Gasteiger partial charge < -0.3 is 10.2 Å². The number of para-hydroxylation sites is 1. The van der Waals surface area contributed by atoms with E-state index in [4.69, 9.17) is 0 Å². The number of carbonyl (C=O) groups is 1. The molecule has 1 aliphatic heterocycles. The van der Waals surface area contributed by atoms with Crippen LogP contribution in [0.1, 0.15) is 18.1 Å². The first-order valence-corrected chi connectivity index (χ1v) is 9.88. The molecule has 0 saturated carbocycles. The number of benzene rings is 2. The summed E-state index contributed by atoms with van der Waals surface area (Å²) >= 11 is 0. The third-order valence-corrected chi connectivity index (χ3v) is 4.33. The van der Waals surface area contributed by atoms with E-state index in [1.807, 2.05) is 0 Å². The summed E-state index contributed by atoms with van der Waals surface area (Å²) in [5, 5.41) is 3.30. The number of carbonyl (C=O) groups excluding carboxylic acids is 1. The number of anilines is 1. The number of halogens is 3. The molecule has 31 heavy (non-hydrogen) atoms. The van der Waals surface area contributed by atoms with Crippen LogP contribution in [0, 0.1) is 0 Å². The van der Waals surface area contributed by atoms with Gasteiger partial charge in [-0.2, -0.15) is 13.2 Å². The monoisotopic (exact) mass is 430 g/mol. The Kier molecular flexibility index (Phi) is 10.9. The van der Waals surface area contributed by atoms with Crippen molar-refractivity contribution in [2.75, 3.05) is 25.5 Å². The molecular formula is C25H29F3N2O. The topological polar surface area (TPSA) is 32.3 Å². The molecule has 2 aromatic rings. The van der Waals surface area contributed by atoms with Crippen LogP contribution in [0.3, 0.4) is 0 Å². The minimum absolute atomic E-state index is 0.264. The highest BCUT2D eigenvalue weighted by atomic mass is 19.4. The van der Waals surface area contributed by atoms with Gasteiger partial charge in [0.1, 0.15) is 0 Å². The van der Waals surface area contributed by atoms with Gasteiger partial charge in [0.15, 0.2) is 0 Å². The van der Waals surface area contributed by atoms with Crippen molar-refractivity contribution in [3.63, 3.8) is 0 Å². The minimum atomic E-state index is -4.86. The van der Waals surface area contributed by atoms with E-state index in [1.165, 1.54) is 40.9 Å². The van der Waals surface area contributed by atoms with Crippen molar-refractivity contribution in [1.82, 2.24) is 4.90 Å². The number of rotatable bonds is 5. The smallest absolute Gasteiger partial charge is 0.384 e. The lowest BCUT2D eigenvalue weighted by molar-refractivity contribution is -0.164. The fraction of sp³-hybridized carbons (Fsp3) is 0.240. The Morgan fingerprint density at radius 3 is 2.16 bits per heavy atom. The molecule has 0 amide bonds. The van der Waals surface area contributed by atoms with Crippen LogP contribution in [0.25, 0.3) is 5.57 Å². The summed E-state index contributed by atoms with van der Waals surface area (Å²) in [6.45, 7) is 10.1. The first-order chi connectivity index (χ1) is 14.7. The van der Waals surface area contributed by atoms with Crippen LogP contribution in [0.5, 0.6) is 0 Å². The van der Waals surface area contributed by atoms with Gasteiger partial charge in [-0.15, -0.1) is 0 Å². The lowest BCUT2D eigenvalue weighted by Crippen LogP contribution is -2.25. The van der Waals surface area contributed by atoms with E-state index in [-0.39, 0.29) is 11.1 Å². The average Bonchev–Trinajstić information content (AvgIpc) is 3.26. The number of allylic oxidation sites excluding steroid dienone is 3. The Morgan fingerprint density at radius 1 is 1.06 bits per heavy atom. The molecule has 3 nitrogen and oxygen atoms in total. The van der Waals surface area contributed by atoms with Gasteiger partial charge in [0, 0.05) is 32.0 Å². The second-order valence-electron chi connectivity index (χ2n) is 6.61. The van der Waals surface area contributed by atoms with Crippen molar-refractivity contribution in [3.8, 4) is 0 Å². The summed E-state index contributed by atoms with van der Waals surface area (Å²) in [7, 11) is 1.62. The highest BCUT2D eigenvalue weighted by molar-refractivity contribution is 6.23. The Morgan fingerprint density at radius 2 is 1.65 bits per heavy atom. The number of nitrogens with zero attached hydrogens (tertiary/aromatic N) is 1. The molecule has 2 aromatic carbocycles. The summed E-state index contributed by atoms with van der Waals surface area (Å²) in [6.07, 6.45) is 0.831. The van der Waals surface area contributed by atoms with Crippen LogP contribution in [0.15, 0.2) is 86.1 Å². The molecular weight excluding hydrogens is 401 g/mol. The fourth-order valence-corrected chi connectivity index (χ4v) is 2.59. The van der Waals surface area contributed by atoms with E-state index in [2.05, 4.69) is 42.7 Å². The number of hydrogen-bond acceptors (Lipinski definition) is 3. The molecule has 0 saturated heterocycles.